The number of aromatic nitrogens is 1. The summed E-state index contributed by atoms with van der Waals surface area (Å²) in [5.41, 5.74) is 6.65. The summed E-state index contributed by atoms with van der Waals surface area (Å²) < 4.78 is 6.46. The number of nitrogens with zero attached hydrogens (tertiary/aromatic N) is 2. The van der Waals surface area contributed by atoms with Crippen molar-refractivity contribution in [2.75, 3.05) is 19.6 Å². The molecule has 2 saturated carbocycles. The monoisotopic (exact) mass is 502 g/mol. The van der Waals surface area contributed by atoms with E-state index >= 15 is 0 Å². The highest BCUT2D eigenvalue weighted by Gasteiger charge is 2.53. The van der Waals surface area contributed by atoms with Crippen molar-refractivity contribution in [2.24, 2.45) is 11.8 Å². The Hall–Kier alpha value is -3.17. The van der Waals surface area contributed by atoms with E-state index in [1.807, 2.05) is 6.07 Å². The summed E-state index contributed by atoms with van der Waals surface area (Å²) in [6.45, 7) is 4.16. The van der Waals surface area contributed by atoms with E-state index in [-0.39, 0.29) is 5.41 Å². The molecule has 2 aliphatic carbocycles. The molecule has 3 fully saturated rings. The largest absolute Gasteiger partial charge is 0.487 e. The van der Waals surface area contributed by atoms with Crippen molar-refractivity contribution in [1.82, 2.24) is 9.88 Å². The average molecular weight is 503 g/mol. The molecule has 2 bridgehead atoms. The molecule has 0 N–H and O–H groups in total. The van der Waals surface area contributed by atoms with Gasteiger partial charge in [-0.15, -0.1) is 0 Å². The fourth-order valence-corrected chi connectivity index (χ4v) is 7.81. The minimum atomic E-state index is 0.102. The Morgan fingerprint density at radius 2 is 1.71 bits per heavy atom. The van der Waals surface area contributed by atoms with Crippen LogP contribution in [0.4, 0.5) is 0 Å². The van der Waals surface area contributed by atoms with Gasteiger partial charge in [0.25, 0.3) is 0 Å². The molecule has 3 aromatic carbocycles. The van der Waals surface area contributed by atoms with Crippen molar-refractivity contribution in [2.45, 2.75) is 57.0 Å². The minimum absolute atomic E-state index is 0.102. The highest BCUT2D eigenvalue weighted by Crippen LogP contribution is 2.60. The first kappa shape index (κ1) is 23.9. The molecule has 38 heavy (non-hydrogen) atoms. The maximum atomic E-state index is 6.46. The highest BCUT2D eigenvalue weighted by atomic mass is 16.5. The van der Waals surface area contributed by atoms with Crippen molar-refractivity contribution in [3.63, 3.8) is 0 Å². The highest BCUT2D eigenvalue weighted by molar-refractivity contribution is 5.78. The third kappa shape index (κ3) is 4.41. The molecular weight excluding hydrogens is 464 g/mol. The van der Waals surface area contributed by atoms with Crippen LogP contribution in [0.5, 0.6) is 5.75 Å². The van der Waals surface area contributed by atoms with Crippen molar-refractivity contribution < 1.29 is 4.74 Å². The lowest BCUT2D eigenvalue weighted by molar-refractivity contribution is 0.293. The molecule has 3 nitrogen and oxygen atoms in total. The quantitative estimate of drug-likeness (QED) is 0.249. The van der Waals surface area contributed by atoms with E-state index in [0.29, 0.717) is 6.61 Å². The number of fused-ring (bicyclic) bond motifs is 3. The summed E-state index contributed by atoms with van der Waals surface area (Å²) in [5, 5.41) is 1.17. The fraction of sp³-hybridized carbons (Fsp3) is 0.400. The van der Waals surface area contributed by atoms with Gasteiger partial charge >= 0.3 is 0 Å². The van der Waals surface area contributed by atoms with Gasteiger partial charge in [0.15, 0.2) is 0 Å². The standard InChI is InChI=1S/C35H38N2O/c1-2-9-29(10-3-1)35(24-26-12-15-30(35)22-26)33-23-32(17-14-27(33)18-21-37-19-6-7-20-37)38-25-31-16-13-28-8-4-5-11-34(28)36-31/h1-5,8-11,13-14,16-17,23,26,30H,6-7,12,15,18-22,24-25H2. The van der Waals surface area contributed by atoms with Crippen LogP contribution in [0, 0.1) is 11.8 Å². The molecule has 3 aliphatic rings. The number of rotatable bonds is 8. The number of pyridine rings is 1. The third-order valence-electron chi connectivity index (χ3n) is 9.64. The summed E-state index contributed by atoms with van der Waals surface area (Å²) in [5.74, 6) is 2.54. The number of likely N-dealkylation sites (tertiary alicyclic amines) is 1. The average Bonchev–Trinajstić information content (AvgIpc) is 3.74. The molecule has 3 atom stereocenters. The van der Waals surface area contributed by atoms with Gasteiger partial charge in [0.05, 0.1) is 11.2 Å². The SMILES string of the molecule is c1ccc(C2(c3cc(OCc4ccc5ccccc5n4)ccc3CCN3CCCC3)CC3CCC2C3)cc1. The number of benzene rings is 3. The lowest BCUT2D eigenvalue weighted by Crippen LogP contribution is -2.35. The molecule has 1 aromatic heterocycles. The van der Waals surface area contributed by atoms with Crippen LogP contribution in [0.1, 0.15) is 60.9 Å². The van der Waals surface area contributed by atoms with E-state index in [1.54, 1.807) is 0 Å². The van der Waals surface area contributed by atoms with Crippen molar-refractivity contribution in [3.8, 4) is 5.75 Å². The van der Waals surface area contributed by atoms with Gasteiger partial charge in [0.2, 0.25) is 0 Å². The number of hydrogen-bond donors (Lipinski definition) is 0. The van der Waals surface area contributed by atoms with Crippen LogP contribution in [-0.4, -0.2) is 29.5 Å². The first-order valence-electron chi connectivity index (χ1n) is 14.7. The Labute approximate surface area is 226 Å². The second-order valence-electron chi connectivity index (χ2n) is 11.8. The molecule has 2 heterocycles. The second-order valence-corrected chi connectivity index (χ2v) is 11.8. The van der Waals surface area contributed by atoms with E-state index < -0.39 is 0 Å². The van der Waals surface area contributed by atoms with Gasteiger partial charge in [0, 0.05) is 17.3 Å². The van der Waals surface area contributed by atoms with E-state index in [9.17, 15) is 0 Å². The molecule has 0 spiro atoms. The topological polar surface area (TPSA) is 25.4 Å². The maximum absolute atomic E-state index is 6.46. The predicted molar refractivity (Wildman–Crippen MR) is 155 cm³/mol. The molecule has 1 saturated heterocycles. The van der Waals surface area contributed by atoms with Crippen LogP contribution >= 0.6 is 0 Å². The molecule has 0 amide bonds. The first-order valence-corrected chi connectivity index (χ1v) is 14.7. The predicted octanol–water partition coefficient (Wildman–Crippen LogP) is 7.56. The normalized spacial score (nSPS) is 24.8. The molecule has 0 radical (unpaired) electrons. The summed E-state index contributed by atoms with van der Waals surface area (Å²) in [7, 11) is 0. The zero-order valence-electron chi connectivity index (χ0n) is 22.3. The smallest absolute Gasteiger partial charge is 0.130 e. The summed E-state index contributed by atoms with van der Waals surface area (Å²) in [6.07, 6.45) is 9.19. The maximum Gasteiger partial charge on any atom is 0.130 e. The number of hydrogen-bond acceptors (Lipinski definition) is 3. The third-order valence-corrected chi connectivity index (χ3v) is 9.64. The van der Waals surface area contributed by atoms with Crippen LogP contribution in [-0.2, 0) is 18.4 Å². The van der Waals surface area contributed by atoms with E-state index in [4.69, 9.17) is 9.72 Å². The van der Waals surface area contributed by atoms with Crippen molar-refractivity contribution >= 4 is 10.9 Å². The minimum Gasteiger partial charge on any atom is -0.487 e. The van der Waals surface area contributed by atoms with Crippen LogP contribution in [0.2, 0.25) is 0 Å². The van der Waals surface area contributed by atoms with Gasteiger partial charge in [-0.05, 0) is 104 Å². The first-order chi connectivity index (χ1) is 18.8. The van der Waals surface area contributed by atoms with Crippen molar-refractivity contribution in [3.05, 3.63) is 107 Å². The fourth-order valence-electron chi connectivity index (χ4n) is 7.81. The summed E-state index contributed by atoms with van der Waals surface area (Å²) >= 11 is 0. The van der Waals surface area contributed by atoms with Crippen LogP contribution in [0.25, 0.3) is 10.9 Å². The second kappa shape index (κ2) is 10.2. The molecular formula is C35H38N2O. The Kier molecular flexibility index (Phi) is 6.41. The Balaban J connectivity index is 1.23. The zero-order valence-corrected chi connectivity index (χ0v) is 22.3. The molecule has 4 aromatic rings. The molecule has 1 aliphatic heterocycles. The summed E-state index contributed by atoms with van der Waals surface area (Å²) in [6, 6.07) is 30.9. The zero-order chi connectivity index (χ0) is 25.4. The molecule has 194 valence electrons. The van der Waals surface area contributed by atoms with Crippen LogP contribution in [0.3, 0.4) is 0 Å². The lowest BCUT2D eigenvalue weighted by Gasteiger charge is -2.41. The van der Waals surface area contributed by atoms with E-state index in [2.05, 4.69) is 83.8 Å². The van der Waals surface area contributed by atoms with Gasteiger partial charge in [-0.25, -0.2) is 4.98 Å². The number of para-hydroxylation sites is 1. The lowest BCUT2D eigenvalue weighted by atomic mass is 9.63. The van der Waals surface area contributed by atoms with Gasteiger partial charge in [0.1, 0.15) is 12.4 Å². The van der Waals surface area contributed by atoms with Gasteiger partial charge in [-0.3, -0.25) is 0 Å². The Morgan fingerprint density at radius 3 is 2.53 bits per heavy atom. The van der Waals surface area contributed by atoms with Crippen molar-refractivity contribution in [1.29, 1.82) is 0 Å². The van der Waals surface area contributed by atoms with Gasteiger partial charge < -0.3 is 9.64 Å². The molecule has 3 heteroatoms. The number of ether oxygens (including phenoxy) is 1. The van der Waals surface area contributed by atoms with E-state index in [0.717, 1.165) is 41.8 Å². The van der Waals surface area contributed by atoms with E-state index in [1.165, 1.54) is 73.7 Å². The summed E-state index contributed by atoms with van der Waals surface area (Å²) in [4.78, 5) is 7.49. The molecule has 3 unspecified atom stereocenters. The van der Waals surface area contributed by atoms with Crippen LogP contribution in [0.15, 0.2) is 84.9 Å². The van der Waals surface area contributed by atoms with Gasteiger partial charge in [-0.2, -0.15) is 0 Å². The molecule has 7 rings (SSSR count). The Bertz CT molecular complexity index is 1410. The Morgan fingerprint density at radius 1 is 0.868 bits per heavy atom. The van der Waals surface area contributed by atoms with Crippen LogP contribution < -0.4 is 4.74 Å². The van der Waals surface area contributed by atoms with Gasteiger partial charge in [-0.1, -0.05) is 67.1 Å².